The summed E-state index contributed by atoms with van der Waals surface area (Å²) in [6.45, 7) is 8.98. The van der Waals surface area contributed by atoms with E-state index in [9.17, 15) is 4.79 Å². The Bertz CT molecular complexity index is 931. The van der Waals surface area contributed by atoms with Gasteiger partial charge in [0.1, 0.15) is 23.1 Å². The highest BCUT2D eigenvalue weighted by atomic mass is 32.2. The van der Waals surface area contributed by atoms with Crippen LogP contribution in [-0.4, -0.2) is 82.4 Å². The maximum absolute atomic E-state index is 12.0. The van der Waals surface area contributed by atoms with E-state index in [2.05, 4.69) is 32.4 Å². The second-order valence-electron chi connectivity index (χ2n) is 9.26. The Labute approximate surface area is 193 Å². The van der Waals surface area contributed by atoms with Crippen LogP contribution in [0, 0.1) is 0 Å². The summed E-state index contributed by atoms with van der Waals surface area (Å²) < 4.78 is 19.4. The van der Waals surface area contributed by atoms with Crippen LogP contribution in [0.3, 0.4) is 0 Å². The van der Waals surface area contributed by atoms with E-state index in [1.165, 1.54) is 0 Å². The van der Waals surface area contributed by atoms with E-state index in [0.29, 0.717) is 19.8 Å². The number of hydrogen-bond donors (Lipinski definition) is 1. The molecule has 2 saturated heterocycles. The molecule has 2 aliphatic heterocycles. The molecule has 3 atom stereocenters. The zero-order valence-corrected chi connectivity index (χ0v) is 20.1. The second-order valence-corrected chi connectivity index (χ2v) is 10.1. The number of amides is 1. The zero-order chi connectivity index (χ0) is 22.7. The predicted octanol–water partition coefficient (Wildman–Crippen LogP) is 2.90. The van der Waals surface area contributed by atoms with Crippen molar-refractivity contribution >= 4 is 23.4 Å². The van der Waals surface area contributed by atoms with E-state index < -0.39 is 11.7 Å². The summed E-state index contributed by atoms with van der Waals surface area (Å²) in [5.41, 5.74) is 1.58. The molecule has 0 radical (unpaired) electrons. The Kier molecular flexibility index (Phi) is 7.24. The molecule has 1 amide bonds. The monoisotopic (exact) mass is 463 g/mol. The van der Waals surface area contributed by atoms with Gasteiger partial charge in [-0.3, -0.25) is 4.90 Å². The van der Waals surface area contributed by atoms with Crippen molar-refractivity contribution in [2.24, 2.45) is 0 Å². The summed E-state index contributed by atoms with van der Waals surface area (Å²) in [6, 6.07) is 4.27. The number of carbonyl (C=O) groups is 1. The number of nitrogens with one attached hydrogen (secondary N) is 1. The van der Waals surface area contributed by atoms with Crippen LogP contribution in [0.1, 0.15) is 45.4 Å². The Hall–Kier alpha value is -1.88. The zero-order valence-electron chi connectivity index (χ0n) is 19.2. The third-order valence-corrected chi connectivity index (χ3v) is 6.45. The number of ether oxygens (including phenoxy) is 3. The molecule has 0 aromatic carbocycles. The highest BCUT2D eigenvalue weighted by Crippen LogP contribution is 2.35. The van der Waals surface area contributed by atoms with Crippen molar-refractivity contribution in [1.29, 1.82) is 0 Å². The number of alkyl carbamates (subject to hydrolysis) is 1. The third-order valence-electron chi connectivity index (χ3n) is 5.75. The minimum absolute atomic E-state index is 0.0199. The summed E-state index contributed by atoms with van der Waals surface area (Å²) in [5, 5.41) is 8.30. The average molecular weight is 464 g/mol. The molecule has 0 saturated carbocycles. The number of carbonyl (C=O) groups excluding carboxylic acids is 1. The van der Waals surface area contributed by atoms with E-state index in [0.717, 1.165) is 42.2 Å². The second kappa shape index (κ2) is 9.94. The fourth-order valence-corrected chi connectivity index (χ4v) is 4.80. The molecule has 4 rings (SSSR count). The quantitative estimate of drug-likeness (QED) is 0.654. The molecule has 2 aromatic rings. The van der Waals surface area contributed by atoms with Crippen LogP contribution in [0.2, 0.25) is 0 Å². The van der Waals surface area contributed by atoms with Crippen molar-refractivity contribution in [2.45, 2.75) is 62.5 Å². The van der Waals surface area contributed by atoms with Crippen LogP contribution < -0.4 is 5.32 Å². The first-order valence-electron chi connectivity index (χ1n) is 11.1. The molecule has 4 heterocycles. The lowest BCUT2D eigenvalue weighted by Gasteiger charge is -2.37. The topological polar surface area (TPSA) is 90.2 Å². The number of hydrogen-bond acceptors (Lipinski definition) is 8. The minimum atomic E-state index is -0.510. The first-order valence-corrected chi connectivity index (χ1v) is 12.4. The highest BCUT2D eigenvalue weighted by molar-refractivity contribution is 7.98. The molecule has 32 heavy (non-hydrogen) atoms. The molecular weight excluding hydrogens is 430 g/mol. The Balaban J connectivity index is 1.34. The first kappa shape index (κ1) is 23.3. The van der Waals surface area contributed by atoms with Gasteiger partial charge in [-0.25, -0.2) is 14.3 Å². The molecule has 2 aromatic heterocycles. The van der Waals surface area contributed by atoms with Crippen molar-refractivity contribution in [3.05, 3.63) is 24.2 Å². The van der Waals surface area contributed by atoms with Crippen LogP contribution in [-0.2, 0) is 14.2 Å². The fraction of sp³-hybridized carbons (Fsp3) is 0.682. The standard InChI is InChI=1S/C22H33N5O4S/c1-22(2,3)31-21(28)23-11-15-13-29-10-9-26(15)12-16-5-8-19(30-16)17-6-7-18-20(32-4)24-14-25-27(17)18/h6-7,14-16,19H,5,8-13H2,1-4H3,(H,23,28)/t15-,16+,19-/m1/s1. The van der Waals surface area contributed by atoms with Crippen LogP contribution in [0.4, 0.5) is 4.79 Å². The fourth-order valence-electron chi connectivity index (χ4n) is 4.28. The lowest BCUT2D eigenvalue weighted by Crippen LogP contribution is -2.53. The maximum Gasteiger partial charge on any atom is 0.407 e. The van der Waals surface area contributed by atoms with E-state index in [1.54, 1.807) is 18.1 Å². The summed E-state index contributed by atoms with van der Waals surface area (Å²) in [5.74, 6) is 0. The van der Waals surface area contributed by atoms with Gasteiger partial charge < -0.3 is 19.5 Å². The van der Waals surface area contributed by atoms with Crippen molar-refractivity contribution in [1.82, 2.24) is 24.8 Å². The van der Waals surface area contributed by atoms with Gasteiger partial charge in [0.2, 0.25) is 0 Å². The summed E-state index contributed by atoms with van der Waals surface area (Å²) in [4.78, 5) is 18.8. The Morgan fingerprint density at radius 2 is 2.19 bits per heavy atom. The van der Waals surface area contributed by atoms with Gasteiger partial charge in [-0.15, -0.1) is 11.8 Å². The number of aromatic nitrogens is 3. The molecule has 9 nitrogen and oxygen atoms in total. The lowest BCUT2D eigenvalue weighted by molar-refractivity contribution is -0.0418. The van der Waals surface area contributed by atoms with Gasteiger partial charge in [0.05, 0.1) is 36.6 Å². The molecule has 1 N–H and O–H groups in total. The molecule has 10 heteroatoms. The molecule has 176 valence electrons. The van der Waals surface area contributed by atoms with Crippen molar-refractivity contribution in [2.75, 3.05) is 39.1 Å². The van der Waals surface area contributed by atoms with Gasteiger partial charge in [0, 0.05) is 19.6 Å². The number of nitrogens with zero attached hydrogens (tertiary/aromatic N) is 4. The van der Waals surface area contributed by atoms with Gasteiger partial charge in [0.25, 0.3) is 0 Å². The minimum Gasteiger partial charge on any atom is -0.444 e. The van der Waals surface area contributed by atoms with Gasteiger partial charge in [-0.1, -0.05) is 0 Å². The normalized spacial score (nSPS) is 24.7. The van der Waals surface area contributed by atoms with E-state index in [1.807, 2.05) is 31.5 Å². The van der Waals surface area contributed by atoms with Crippen LogP contribution in [0.15, 0.2) is 23.5 Å². The number of thioether (sulfide) groups is 1. The van der Waals surface area contributed by atoms with Gasteiger partial charge in [-0.05, 0) is 52.0 Å². The molecular formula is C22H33N5O4S. The van der Waals surface area contributed by atoms with Crippen molar-refractivity contribution in [3.8, 4) is 0 Å². The van der Waals surface area contributed by atoms with E-state index in [-0.39, 0.29) is 18.2 Å². The Morgan fingerprint density at radius 3 is 2.97 bits per heavy atom. The lowest BCUT2D eigenvalue weighted by atomic mass is 10.1. The largest absolute Gasteiger partial charge is 0.444 e. The number of fused-ring (bicyclic) bond motifs is 1. The van der Waals surface area contributed by atoms with Crippen molar-refractivity contribution < 1.29 is 19.0 Å². The number of rotatable bonds is 6. The third kappa shape index (κ3) is 5.54. The summed E-state index contributed by atoms with van der Waals surface area (Å²) >= 11 is 1.62. The maximum atomic E-state index is 12.0. The Morgan fingerprint density at radius 1 is 1.34 bits per heavy atom. The van der Waals surface area contributed by atoms with Crippen LogP contribution in [0.25, 0.3) is 5.52 Å². The summed E-state index contributed by atoms with van der Waals surface area (Å²) in [6.07, 6.45) is 5.33. The highest BCUT2D eigenvalue weighted by Gasteiger charge is 2.33. The van der Waals surface area contributed by atoms with Crippen LogP contribution in [0.5, 0.6) is 0 Å². The molecule has 2 aliphatic rings. The molecule has 2 fully saturated rings. The van der Waals surface area contributed by atoms with Gasteiger partial charge in [-0.2, -0.15) is 5.10 Å². The molecule has 0 aliphatic carbocycles. The smallest absolute Gasteiger partial charge is 0.407 e. The SMILES string of the molecule is CSc1ncnn2c([C@H]3CC[C@@H](CN4CCOC[C@H]4CNC(=O)OC(C)(C)C)O3)ccc12. The first-order chi connectivity index (χ1) is 15.3. The van der Waals surface area contributed by atoms with E-state index >= 15 is 0 Å². The van der Waals surface area contributed by atoms with Crippen molar-refractivity contribution in [3.63, 3.8) is 0 Å². The van der Waals surface area contributed by atoms with Gasteiger partial charge in [0.15, 0.2) is 0 Å². The average Bonchev–Trinajstić information content (AvgIpc) is 3.38. The van der Waals surface area contributed by atoms with E-state index in [4.69, 9.17) is 14.2 Å². The molecule has 0 spiro atoms. The number of morpholine rings is 1. The summed E-state index contributed by atoms with van der Waals surface area (Å²) in [7, 11) is 0. The molecule has 0 unspecified atom stereocenters. The van der Waals surface area contributed by atoms with Gasteiger partial charge >= 0.3 is 6.09 Å². The van der Waals surface area contributed by atoms with Crippen LogP contribution >= 0.6 is 11.8 Å². The molecule has 0 bridgehead atoms. The predicted molar refractivity (Wildman–Crippen MR) is 122 cm³/mol.